The van der Waals surface area contributed by atoms with Gasteiger partial charge in [0.1, 0.15) is 5.82 Å². The van der Waals surface area contributed by atoms with E-state index in [0.29, 0.717) is 22.9 Å². The maximum atomic E-state index is 13.4. The minimum Gasteiger partial charge on any atom is -0.335 e. The van der Waals surface area contributed by atoms with Crippen LogP contribution in [0.3, 0.4) is 0 Å². The third kappa shape index (κ3) is 4.19. The monoisotopic (exact) mass is 409 g/mol. The van der Waals surface area contributed by atoms with Gasteiger partial charge in [-0.05, 0) is 29.7 Å². The average Bonchev–Trinajstić information content (AvgIpc) is 3.16. The summed E-state index contributed by atoms with van der Waals surface area (Å²) < 4.78 is 13.4. The summed E-state index contributed by atoms with van der Waals surface area (Å²) in [4.78, 5) is 31.0. The van der Waals surface area contributed by atoms with Crippen molar-refractivity contribution >= 4 is 28.3 Å². The van der Waals surface area contributed by atoms with Gasteiger partial charge in [-0.1, -0.05) is 36.4 Å². The molecule has 2 heterocycles. The molecule has 0 saturated carbocycles. The second-order valence-electron chi connectivity index (χ2n) is 6.98. The van der Waals surface area contributed by atoms with Crippen LogP contribution in [0.2, 0.25) is 0 Å². The number of rotatable bonds is 4. The highest BCUT2D eigenvalue weighted by Gasteiger charge is 2.30. The SMILES string of the molecule is CC(=O)N1CCc2ccccc2C1CC(=O)Nc1nc(-c2cccc(F)c2)cs1. The minimum atomic E-state index is -0.332. The Labute approximate surface area is 172 Å². The molecule has 5 nitrogen and oxygen atoms in total. The molecule has 3 aromatic rings. The van der Waals surface area contributed by atoms with Crippen LogP contribution < -0.4 is 5.32 Å². The fraction of sp³-hybridized carbons (Fsp3) is 0.227. The van der Waals surface area contributed by atoms with Gasteiger partial charge < -0.3 is 10.2 Å². The Hall–Kier alpha value is -3.06. The van der Waals surface area contributed by atoms with E-state index in [1.54, 1.807) is 22.4 Å². The number of carbonyl (C=O) groups is 2. The number of nitrogens with one attached hydrogen (secondary N) is 1. The van der Waals surface area contributed by atoms with Gasteiger partial charge >= 0.3 is 0 Å². The first-order valence-corrected chi connectivity index (χ1v) is 10.3. The number of hydrogen-bond donors (Lipinski definition) is 1. The summed E-state index contributed by atoms with van der Waals surface area (Å²) in [5.41, 5.74) is 3.46. The fourth-order valence-electron chi connectivity index (χ4n) is 3.71. The van der Waals surface area contributed by atoms with Gasteiger partial charge in [0.05, 0.1) is 18.2 Å². The van der Waals surface area contributed by atoms with Gasteiger partial charge in [0.15, 0.2) is 5.13 Å². The zero-order chi connectivity index (χ0) is 20.4. The highest BCUT2D eigenvalue weighted by molar-refractivity contribution is 7.14. The van der Waals surface area contributed by atoms with Gasteiger partial charge in [0.2, 0.25) is 11.8 Å². The zero-order valence-corrected chi connectivity index (χ0v) is 16.7. The molecule has 1 unspecified atom stereocenters. The van der Waals surface area contributed by atoms with Crippen molar-refractivity contribution in [3.63, 3.8) is 0 Å². The van der Waals surface area contributed by atoms with E-state index in [0.717, 1.165) is 12.0 Å². The average molecular weight is 409 g/mol. The van der Waals surface area contributed by atoms with Crippen LogP contribution in [0.4, 0.5) is 9.52 Å². The largest absolute Gasteiger partial charge is 0.335 e. The standard InChI is InChI=1S/C22H20FN3O2S/c1-14(27)26-10-9-15-5-2-3-8-18(15)20(26)12-21(28)25-22-24-19(13-29-22)16-6-4-7-17(23)11-16/h2-8,11,13,20H,9-10,12H2,1H3,(H,24,25,28). The van der Waals surface area contributed by atoms with Gasteiger partial charge in [-0.15, -0.1) is 11.3 Å². The summed E-state index contributed by atoms with van der Waals surface area (Å²) in [6.45, 7) is 2.14. The molecule has 0 radical (unpaired) electrons. The number of anilines is 1. The van der Waals surface area contributed by atoms with Gasteiger partial charge in [-0.3, -0.25) is 9.59 Å². The number of hydrogen-bond acceptors (Lipinski definition) is 4. The molecular formula is C22H20FN3O2S. The Morgan fingerprint density at radius 3 is 2.86 bits per heavy atom. The molecule has 0 saturated heterocycles. The van der Waals surface area contributed by atoms with Crippen molar-refractivity contribution in [3.05, 3.63) is 70.9 Å². The van der Waals surface area contributed by atoms with Crippen molar-refractivity contribution < 1.29 is 14.0 Å². The van der Waals surface area contributed by atoms with Crippen LogP contribution >= 0.6 is 11.3 Å². The highest BCUT2D eigenvalue weighted by Crippen LogP contribution is 2.33. The third-order valence-corrected chi connectivity index (χ3v) is 5.82. The lowest BCUT2D eigenvalue weighted by Gasteiger charge is -2.36. The Morgan fingerprint density at radius 1 is 1.24 bits per heavy atom. The number of nitrogens with zero attached hydrogens (tertiary/aromatic N) is 2. The molecule has 7 heteroatoms. The van der Waals surface area contributed by atoms with Crippen molar-refractivity contribution in [2.45, 2.75) is 25.8 Å². The summed E-state index contributed by atoms with van der Waals surface area (Å²) in [5, 5.41) is 5.05. The van der Waals surface area contributed by atoms with Crippen LogP contribution in [-0.4, -0.2) is 28.2 Å². The molecule has 0 fully saturated rings. The van der Waals surface area contributed by atoms with Crippen LogP contribution in [-0.2, 0) is 16.0 Å². The van der Waals surface area contributed by atoms with E-state index in [2.05, 4.69) is 10.3 Å². The maximum absolute atomic E-state index is 13.4. The van der Waals surface area contributed by atoms with E-state index in [-0.39, 0.29) is 30.1 Å². The van der Waals surface area contributed by atoms with E-state index < -0.39 is 0 Å². The summed E-state index contributed by atoms with van der Waals surface area (Å²) in [5.74, 6) is -0.584. The molecule has 0 aliphatic carbocycles. The number of halogens is 1. The van der Waals surface area contributed by atoms with Crippen LogP contribution in [0.1, 0.15) is 30.5 Å². The Balaban J connectivity index is 1.50. The van der Waals surface area contributed by atoms with E-state index in [1.807, 2.05) is 24.3 Å². The molecule has 2 amide bonds. The lowest BCUT2D eigenvalue weighted by atomic mass is 9.90. The van der Waals surface area contributed by atoms with Crippen molar-refractivity contribution in [1.82, 2.24) is 9.88 Å². The lowest BCUT2D eigenvalue weighted by molar-refractivity contribution is -0.132. The summed E-state index contributed by atoms with van der Waals surface area (Å²) in [6, 6.07) is 13.8. The smallest absolute Gasteiger partial charge is 0.228 e. The second-order valence-corrected chi connectivity index (χ2v) is 7.84. The number of amides is 2. The number of thiazole rings is 1. The van der Waals surface area contributed by atoms with Crippen LogP contribution in [0.5, 0.6) is 0 Å². The van der Waals surface area contributed by atoms with Gasteiger partial charge in [0.25, 0.3) is 0 Å². The second kappa shape index (κ2) is 8.13. The Morgan fingerprint density at radius 2 is 2.07 bits per heavy atom. The Kier molecular flexibility index (Phi) is 5.40. The molecule has 0 spiro atoms. The molecule has 1 aliphatic heterocycles. The normalized spacial score (nSPS) is 15.7. The van der Waals surface area contributed by atoms with E-state index in [9.17, 15) is 14.0 Å². The van der Waals surface area contributed by atoms with Crippen molar-refractivity contribution in [2.75, 3.05) is 11.9 Å². The molecule has 2 aromatic carbocycles. The topological polar surface area (TPSA) is 62.3 Å². The number of benzene rings is 2. The van der Waals surface area contributed by atoms with E-state index in [1.165, 1.54) is 36.0 Å². The van der Waals surface area contributed by atoms with Crippen molar-refractivity contribution in [3.8, 4) is 11.3 Å². The lowest BCUT2D eigenvalue weighted by Crippen LogP contribution is -2.40. The molecule has 1 N–H and O–H groups in total. The number of aromatic nitrogens is 1. The molecule has 29 heavy (non-hydrogen) atoms. The molecule has 1 aliphatic rings. The summed E-state index contributed by atoms with van der Waals surface area (Å²) in [6.07, 6.45) is 0.947. The maximum Gasteiger partial charge on any atom is 0.228 e. The molecule has 1 atom stereocenters. The van der Waals surface area contributed by atoms with Crippen molar-refractivity contribution in [2.24, 2.45) is 0 Å². The third-order valence-electron chi connectivity index (χ3n) is 5.07. The number of fused-ring (bicyclic) bond motifs is 1. The van der Waals surface area contributed by atoms with Gasteiger partial charge in [-0.2, -0.15) is 0 Å². The van der Waals surface area contributed by atoms with Gasteiger partial charge in [-0.25, -0.2) is 9.37 Å². The summed E-state index contributed by atoms with van der Waals surface area (Å²) >= 11 is 1.29. The predicted molar refractivity (Wildman–Crippen MR) is 111 cm³/mol. The highest BCUT2D eigenvalue weighted by atomic mass is 32.1. The minimum absolute atomic E-state index is 0.0417. The van der Waals surface area contributed by atoms with E-state index >= 15 is 0 Å². The van der Waals surface area contributed by atoms with Crippen molar-refractivity contribution in [1.29, 1.82) is 0 Å². The first-order chi connectivity index (χ1) is 14.0. The summed E-state index contributed by atoms with van der Waals surface area (Å²) in [7, 11) is 0. The fourth-order valence-corrected chi connectivity index (χ4v) is 4.44. The molecule has 1 aromatic heterocycles. The quantitative estimate of drug-likeness (QED) is 0.694. The van der Waals surface area contributed by atoms with Crippen LogP contribution in [0.15, 0.2) is 53.9 Å². The molecular weight excluding hydrogens is 389 g/mol. The molecule has 0 bridgehead atoms. The van der Waals surface area contributed by atoms with Gasteiger partial charge in [0, 0.05) is 24.4 Å². The number of carbonyl (C=O) groups excluding carboxylic acids is 2. The predicted octanol–water partition coefficient (Wildman–Crippen LogP) is 4.42. The zero-order valence-electron chi connectivity index (χ0n) is 15.9. The van der Waals surface area contributed by atoms with E-state index in [4.69, 9.17) is 0 Å². The van der Waals surface area contributed by atoms with Crippen LogP contribution in [0.25, 0.3) is 11.3 Å². The molecule has 148 valence electrons. The Bertz CT molecular complexity index is 1070. The first-order valence-electron chi connectivity index (χ1n) is 9.37. The first kappa shape index (κ1) is 19.3. The molecule has 4 rings (SSSR count). The van der Waals surface area contributed by atoms with Crippen LogP contribution in [0, 0.1) is 5.82 Å².